The van der Waals surface area contributed by atoms with E-state index in [1.807, 2.05) is 69.3 Å². The van der Waals surface area contributed by atoms with Gasteiger partial charge in [0.05, 0.1) is 23.3 Å². The number of nitriles is 2. The van der Waals surface area contributed by atoms with Gasteiger partial charge in [-0.3, -0.25) is 0 Å². The van der Waals surface area contributed by atoms with E-state index in [9.17, 15) is 10.5 Å². The zero-order valence-corrected chi connectivity index (χ0v) is 22.6. The lowest BCUT2D eigenvalue weighted by molar-refractivity contribution is 1.48. The van der Waals surface area contributed by atoms with E-state index in [0.717, 1.165) is 22.3 Å². The minimum Gasteiger partial charge on any atom is -0.192 e. The minimum absolute atomic E-state index is 0.659. The zero-order valence-electron chi connectivity index (χ0n) is 22.6. The molecule has 0 saturated heterocycles. The molecule has 6 aromatic carbocycles. The van der Waals surface area contributed by atoms with Crippen molar-refractivity contribution in [3.05, 3.63) is 133 Å². The molecule has 0 radical (unpaired) electrons. The highest BCUT2D eigenvalue weighted by Gasteiger charge is 2.14. The van der Waals surface area contributed by atoms with E-state index >= 15 is 0 Å². The number of fused-ring (bicyclic) bond motifs is 5. The van der Waals surface area contributed by atoms with Crippen molar-refractivity contribution in [3.8, 4) is 34.4 Å². The van der Waals surface area contributed by atoms with Gasteiger partial charge in [0.15, 0.2) is 0 Å². The molecule has 0 unspecified atom stereocenters. The lowest BCUT2D eigenvalue weighted by Gasteiger charge is -2.16. The largest absolute Gasteiger partial charge is 0.192 e. The Kier molecular flexibility index (Phi) is 8.53. The molecule has 0 spiro atoms. The van der Waals surface area contributed by atoms with E-state index in [1.165, 1.54) is 32.3 Å². The second-order valence-corrected chi connectivity index (χ2v) is 8.82. The summed E-state index contributed by atoms with van der Waals surface area (Å²) in [5.41, 5.74) is 5.82. The summed E-state index contributed by atoms with van der Waals surface area (Å²) in [6, 6.07) is 41.6. The van der Waals surface area contributed by atoms with Crippen molar-refractivity contribution >= 4 is 32.3 Å². The molecule has 0 atom stereocenters. The van der Waals surface area contributed by atoms with E-state index in [4.69, 9.17) is 0 Å². The number of benzene rings is 6. The summed E-state index contributed by atoms with van der Waals surface area (Å²) < 4.78 is 0. The molecule has 0 aliphatic carbocycles. The van der Waals surface area contributed by atoms with Gasteiger partial charge >= 0.3 is 0 Å². The highest BCUT2D eigenvalue weighted by Crippen LogP contribution is 2.41. The summed E-state index contributed by atoms with van der Waals surface area (Å²) in [5.74, 6) is 0. The number of allylic oxidation sites excluding steroid dienone is 1. The summed E-state index contributed by atoms with van der Waals surface area (Å²) in [4.78, 5) is 0. The lowest BCUT2D eigenvalue weighted by Crippen LogP contribution is -1.89. The third-order valence-electron chi connectivity index (χ3n) is 6.53. The fraction of sp³-hybridized carbons (Fsp3) is 0.0811. The van der Waals surface area contributed by atoms with Gasteiger partial charge in [0.25, 0.3) is 0 Å². The Bertz CT molecular complexity index is 1710. The van der Waals surface area contributed by atoms with Gasteiger partial charge in [-0.15, -0.1) is 6.58 Å². The Morgan fingerprint density at radius 3 is 1.13 bits per heavy atom. The third-order valence-corrected chi connectivity index (χ3v) is 6.53. The highest BCUT2D eigenvalue weighted by molar-refractivity contribution is 6.23. The maximum atomic E-state index is 9.21. The van der Waals surface area contributed by atoms with Gasteiger partial charge in [-0.25, -0.2) is 0 Å². The van der Waals surface area contributed by atoms with Gasteiger partial charge in [-0.1, -0.05) is 92.7 Å². The van der Waals surface area contributed by atoms with Gasteiger partial charge in [-0.2, -0.15) is 10.5 Å². The van der Waals surface area contributed by atoms with Crippen molar-refractivity contribution in [3.63, 3.8) is 0 Å². The first kappa shape index (κ1) is 26.9. The fourth-order valence-electron chi connectivity index (χ4n) is 4.88. The molecule has 0 aromatic heterocycles. The van der Waals surface area contributed by atoms with E-state index in [2.05, 4.69) is 79.4 Å². The maximum absolute atomic E-state index is 9.21. The monoisotopic (exact) mass is 502 g/mol. The molecule has 39 heavy (non-hydrogen) atoms. The molecular weight excluding hydrogens is 472 g/mol. The second kappa shape index (κ2) is 12.4. The second-order valence-electron chi connectivity index (χ2n) is 8.82. The first-order valence-corrected chi connectivity index (χ1v) is 13.1. The zero-order chi connectivity index (χ0) is 27.8. The molecule has 0 saturated carbocycles. The SMILES string of the molecule is C=CC.CC.N#Cc1ccc(-c2cc3c4ccccc4c(-c4ccc(C#N)cc4)cc3c3ccccc23)cc1. The molecule has 6 rings (SSSR count). The first-order chi connectivity index (χ1) is 19.2. The van der Waals surface area contributed by atoms with Crippen LogP contribution in [0.4, 0.5) is 0 Å². The van der Waals surface area contributed by atoms with E-state index < -0.39 is 0 Å². The molecule has 2 heteroatoms. The van der Waals surface area contributed by atoms with Crippen LogP contribution < -0.4 is 0 Å². The van der Waals surface area contributed by atoms with Crippen LogP contribution in [-0.2, 0) is 0 Å². The van der Waals surface area contributed by atoms with Gasteiger partial charge in [0.1, 0.15) is 0 Å². The standard InChI is InChI=1S/C32H18N2.C3H6.C2H6/c33-19-21-9-13-23(14-10-21)29-17-32-28-8-4-2-6-26(28)30(24-15-11-22(20-34)12-16-24)18-31(32)27-7-3-1-5-25(27)29;1-3-2;1-2/h1-18H;3H,1H2,2H3;1-2H3. The van der Waals surface area contributed by atoms with Crippen molar-refractivity contribution in [2.75, 3.05) is 0 Å². The Balaban J connectivity index is 0.000000662. The normalized spacial score (nSPS) is 9.97. The van der Waals surface area contributed by atoms with Crippen LogP contribution in [0.2, 0.25) is 0 Å². The predicted octanol–water partition coefficient (Wildman–Crippen LogP) is 10.4. The van der Waals surface area contributed by atoms with Crippen LogP contribution >= 0.6 is 0 Å². The van der Waals surface area contributed by atoms with E-state index in [-0.39, 0.29) is 0 Å². The van der Waals surface area contributed by atoms with Crippen molar-refractivity contribution in [1.29, 1.82) is 10.5 Å². The average molecular weight is 503 g/mol. The molecule has 0 aliphatic heterocycles. The molecule has 0 heterocycles. The van der Waals surface area contributed by atoms with Crippen LogP contribution in [0.15, 0.2) is 122 Å². The summed E-state index contributed by atoms with van der Waals surface area (Å²) in [7, 11) is 0. The predicted molar refractivity (Wildman–Crippen MR) is 166 cm³/mol. The molecule has 2 nitrogen and oxygen atoms in total. The molecule has 0 fully saturated rings. The van der Waals surface area contributed by atoms with Crippen molar-refractivity contribution in [2.24, 2.45) is 0 Å². The minimum atomic E-state index is 0.659. The molecule has 0 bridgehead atoms. The van der Waals surface area contributed by atoms with Crippen molar-refractivity contribution in [1.82, 2.24) is 0 Å². The van der Waals surface area contributed by atoms with Crippen LogP contribution in [0.25, 0.3) is 54.6 Å². The molecule has 0 aliphatic rings. The van der Waals surface area contributed by atoms with Crippen molar-refractivity contribution in [2.45, 2.75) is 20.8 Å². The fourth-order valence-corrected chi connectivity index (χ4v) is 4.88. The van der Waals surface area contributed by atoms with Gasteiger partial charge in [0.2, 0.25) is 0 Å². The molecule has 0 N–H and O–H groups in total. The van der Waals surface area contributed by atoms with Crippen LogP contribution in [0.5, 0.6) is 0 Å². The van der Waals surface area contributed by atoms with E-state index in [1.54, 1.807) is 6.08 Å². The summed E-state index contributed by atoms with van der Waals surface area (Å²) in [6.45, 7) is 9.25. The van der Waals surface area contributed by atoms with Gasteiger partial charge in [-0.05, 0) is 97.9 Å². The van der Waals surface area contributed by atoms with Gasteiger partial charge < -0.3 is 0 Å². The number of rotatable bonds is 2. The van der Waals surface area contributed by atoms with Crippen LogP contribution in [0, 0.1) is 22.7 Å². The first-order valence-electron chi connectivity index (χ1n) is 13.1. The topological polar surface area (TPSA) is 47.6 Å². The maximum Gasteiger partial charge on any atom is 0.0991 e. The number of hydrogen-bond donors (Lipinski definition) is 0. The molecule has 6 aromatic rings. The summed E-state index contributed by atoms with van der Waals surface area (Å²) in [6.07, 6.45) is 1.75. The Morgan fingerprint density at radius 2 is 0.821 bits per heavy atom. The Morgan fingerprint density at radius 1 is 0.513 bits per heavy atom. The van der Waals surface area contributed by atoms with Crippen LogP contribution in [-0.4, -0.2) is 0 Å². The quantitative estimate of drug-likeness (QED) is 0.175. The highest BCUT2D eigenvalue weighted by atomic mass is 14.2. The molecular formula is C37H30N2. The lowest BCUT2D eigenvalue weighted by atomic mass is 9.87. The summed E-state index contributed by atoms with van der Waals surface area (Å²) >= 11 is 0. The number of hydrogen-bond acceptors (Lipinski definition) is 2. The van der Waals surface area contributed by atoms with E-state index in [0.29, 0.717) is 11.1 Å². The van der Waals surface area contributed by atoms with Crippen molar-refractivity contribution < 1.29 is 0 Å². The average Bonchev–Trinajstić information content (AvgIpc) is 3.02. The molecule has 188 valence electrons. The van der Waals surface area contributed by atoms with Gasteiger partial charge in [0, 0.05) is 0 Å². The third kappa shape index (κ3) is 5.28. The summed E-state index contributed by atoms with van der Waals surface area (Å²) in [5, 5.41) is 25.6. The Hall–Kier alpha value is -5.18. The van der Waals surface area contributed by atoms with Crippen LogP contribution in [0.3, 0.4) is 0 Å². The molecule has 0 amide bonds. The number of nitrogens with zero attached hydrogens (tertiary/aromatic N) is 2. The Labute approximate surface area is 230 Å². The smallest absolute Gasteiger partial charge is 0.0991 e. The van der Waals surface area contributed by atoms with Crippen LogP contribution in [0.1, 0.15) is 31.9 Å².